The third-order valence-corrected chi connectivity index (χ3v) is 5.75. The number of imidazole rings is 1. The molecule has 0 bridgehead atoms. The molecule has 4 rings (SSSR count). The molecule has 0 aliphatic rings. The van der Waals surface area contributed by atoms with E-state index in [1.165, 1.54) is 0 Å². The van der Waals surface area contributed by atoms with E-state index < -0.39 is 0 Å². The number of methoxy groups -OCH3 is 1. The van der Waals surface area contributed by atoms with E-state index in [4.69, 9.17) is 19.2 Å². The highest BCUT2D eigenvalue weighted by atomic mass is 16.5. The lowest BCUT2D eigenvalue weighted by molar-refractivity contribution is -0.123. The van der Waals surface area contributed by atoms with Gasteiger partial charge in [-0.1, -0.05) is 36.4 Å². The average Bonchev–Trinajstić information content (AvgIpc) is 3.22. The molecule has 4 aromatic rings. The van der Waals surface area contributed by atoms with Crippen LogP contribution in [-0.4, -0.2) is 42.3 Å². The molecular formula is C28H31N3O4. The number of ether oxygens (including phenoxy) is 3. The van der Waals surface area contributed by atoms with Gasteiger partial charge in [-0.05, 0) is 55.3 Å². The van der Waals surface area contributed by atoms with Gasteiger partial charge in [-0.15, -0.1) is 0 Å². The molecule has 1 heterocycles. The molecule has 0 saturated carbocycles. The number of fused-ring (bicyclic) bond motifs is 1. The molecular weight excluding hydrogens is 442 g/mol. The predicted octanol–water partition coefficient (Wildman–Crippen LogP) is 4.48. The number of rotatable bonds is 11. The van der Waals surface area contributed by atoms with Gasteiger partial charge in [-0.25, -0.2) is 4.98 Å². The zero-order valence-electron chi connectivity index (χ0n) is 20.4. The summed E-state index contributed by atoms with van der Waals surface area (Å²) in [5, 5.41) is 2.94. The quantitative estimate of drug-likeness (QED) is 0.348. The number of hydrogen-bond acceptors (Lipinski definition) is 5. The Morgan fingerprint density at radius 1 is 0.943 bits per heavy atom. The summed E-state index contributed by atoms with van der Waals surface area (Å²) in [6, 6.07) is 21.6. The van der Waals surface area contributed by atoms with E-state index in [9.17, 15) is 4.79 Å². The summed E-state index contributed by atoms with van der Waals surface area (Å²) in [6.07, 6.45) is 0.596. The fraction of sp³-hybridized carbons (Fsp3) is 0.286. The Balaban J connectivity index is 1.35. The normalized spacial score (nSPS) is 10.8. The average molecular weight is 474 g/mol. The van der Waals surface area contributed by atoms with Crippen LogP contribution in [0.15, 0.2) is 66.7 Å². The van der Waals surface area contributed by atoms with Crippen LogP contribution in [0.25, 0.3) is 11.0 Å². The first kappa shape index (κ1) is 24.1. The zero-order chi connectivity index (χ0) is 24.6. The molecule has 0 saturated heterocycles. The molecule has 0 fully saturated rings. The number of aromatic nitrogens is 2. The van der Waals surface area contributed by atoms with E-state index in [0.29, 0.717) is 37.6 Å². The van der Waals surface area contributed by atoms with E-state index in [1.807, 2.05) is 80.6 Å². The molecule has 7 nitrogen and oxygen atoms in total. The summed E-state index contributed by atoms with van der Waals surface area (Å²) in [5.41, 5.74) is 4.06. The van der Waals surface area contributed by atoms with Gasteiger partial charge in [-0.3, -0.25) is 4.79 Å². The van der Waals surface area contributed by atoms with Crippen molar-refractivity contribution in [2.24, 2.45) is 0 Å². The van der Waals surface area contributed by atoms with Crippen LogP contribution in [0.4, 0.5) is 0 Å². The van der Waals surface area contributed by atoms with Crippen molar-refractivity contribution < 1.29 is 19.0 Å². The van der Waals surface area contributed by atoms with Crippen molar-refractivity contribution in [3.8, 4) is 17.2 Å². The number of hydrogen-bond donors (Lipinski definition) is 1. The number of benzene rings is 3. The van der Waals surface area contributed by atoms with Crippen LogP contribution in [0.3, 0.4) is 0 Å². The van der Waals surface area contributed by atoms with Crippen molar-refractivity contribution >= 4 is 16.9 Å². The van der Waals surface area contributed by atoms with Gasteiger partial charge in [-0.2, -0.15) is 0 Å². The van der Waals surface area contributed by atoms with Crippen molar-refractivity contribution in [2.75, 3.05) is 26.9 Å². The molecule has 7 heteroatoms. The number of para-hydroxylation sites is 4. The first-order chi connectivity index (χ1) is 17.0. The van der Waals surface area contributed by atoms with Crippen LogP contribution < -0.4 is 19.5 Å². The molecule has 3 aromatic carbocycles. The molecule has 1 amide bonds. The van der Waals surface area contributed by atoms with Crippen molar-refractivity contribution in [1.29, 1.82) is 0 Å². The van der Waals surface area contributed by atoms with E-state index in [2.05, 4.69) is 9.88 Å². The Morgan fingerprint density at radius 3 is 2.54 bits per heavy atom. The predicted molar refractivity (Wildman–Crippen MR) is 136 cm³/mol. The molecule has 0 aliphatic carbocycles. The summed E-state index contributed by atoms with van der Waals surface area (Å²) in [5.74, 6) is 2.88. The number of nitrogens with zero attached hydrogens (tertiary/aromatic N) is 2. The van der Waals surface area contributed by atoms with Gasteiger partial charge in [0.25, 0.3) is 5.91 Å². The van der Waals surface area contributed by atoms with Crippen LogP contribution in [0, 0.1) is 13.8 Å². The Labute approximate surface area is 205 Å². The number of amides is 1. The third kappa shape index (κ3) is 6.12. The van der Waals surface area contributed by atoms with Crippen LogP contribution in [0.5, 0.6) is 17.2 Å². The minimum absolute atomic E-state index is 0.0204. The van der Waals surface area contributed by atoms with E-state index in [-0.39, 0.29) is 12.5 Å². The summed E-state index contributed by atoms with van der Waals surface area (Å²) >= 11 is 0. The second-order valence-electron chi connectivity index (χ2n) is 8.33. The lowest BCUT2D eigenvalue weighted by Crippen LogP contribution is -2.31. The van der Waals surface area contributed by atoms with Gasteiger partial charge in [0, 0.05) is 13.0 Å². The lowest BCUT2D eigenvalue weighted by atomic mass is 10.1. The zero-order valence-corrected chi connectivity index (χ0v) is 20.4. The highest BCUT2D eigenvalue weighted by Gasteiger charge is 2.12. The monoisotopic (exact) mass is 473 g/mol. The van der Waals surface area contributed by atoms with E-state index >= 15 is 0 Å². The van der Waals surface area contributed by atoms with Crippen molar-refractivity contribution in [1.82, 2.24) is 14.9 Å². The smallest absolute Gasteiger partial charge is 0.257 e. The Morgan fingerprint density at radius 2 is 1.71 bits per heavy atom. The number of carbonyl (C=O) groups is 1. The van der Waals surface area contributed by atoms with Crippen molar-refractivity contribution in [3.05, 3.63) is 83.7 Å². The molecule has 182 valence electrons. The first-order valence-corrected chi connectivity index (χ1v) is 11.7. The molecule has 35 heavy (non-hydrogen) atoms. The molecule has 0 aliphatic heterocycles. The van der Waals surface area contributed by atoms with Crippen LogP contribution in [0.2, 0.25) is 0 Å². The molecule has 0 atom stereocenters. The largest absolute Gasteiger partial charge is 0.493 e. The summed E-state index contributed by atoms with van der Waals surface area (Å²) in [4.78, 5) is 17.1. The maximum atomic E-state index is 12.4. The van der Waals surface area contributed by atoms with Gasteiger partial charge < -0.3 is 24.1 Å². The molecule has 0 radical (unpaired) electrons. The number of carbonyl (C=O) groups excluding carboxylic acids is 1. The SMILES string of the molecule is COc1ccccc1OCCn1c(CCNC(=O)COc2cc(C)ccc2C)nc2ccccc21. The summed E-state index contributed by atoms with van der Waals surface area (Å²) in [6.45, 7) is 5.50. The van der Waals surface area contributed by atoms with Crippen LogP contribution in [-0.2, 0) is 17.8 Å². The van der Waals surface area contributed by atoms with Gasteiger partial charge in [0.15, 0.2) is 18.1 Å². The minimum Gasteiger partial charge on any atom is -0.493 e. The van der Waals surface area contributed by atoms with E-state index in [1.54, 1.807) is 7.11 Å². The Bertz CT molecular complexity index is 1300. The minimum atomic E-state index is -0.159. The highest BCUT2D eigenvalue weighted by Crippen LogP contribution is 2.26. The van der Waals surface area contributed by atoms with E-state index in [0.717, 1.165) is 33.7 Å². The number of aryl methyl sites for hydroxylation is 2. The first-order valence-electron chi connectivity index (χ1n) is 11.7. The second-order valence-corrected chi connectivity index (χ2v) is 8.33. The van der Waals surface area contributed by atoms with Gasteiger partial charge >= 0.3 is 0 Å². The second kappa shape index (κ2) is 11.4. The van der Waals surface area contributed by atoms with Crippen molar-refractivity contribution in [3.63, 3.8) is 0 Å². The molecule has 1 aromatic heterocycles. The summed E-state index contributed by atoms with van der Waals surface area (Å²) in [7, 11) is 1.63. The third-order valence-electron chi connectivity index (χ3n) is 5.75. The number of nitrogens with one attached hydrogen (secondary N) is 1. The topological polar surface area (TPSA) is 74.6 Å². The molecule has 1 N–H and O–H groups in total. The Hall–Kier alpha value is -4.00. The van der Waals surface area contributed by atoms with Gasteiger partial charge in [0.1, 0.15) is 18.2 Å². The maximum Gasteiger partial charge on any atom is 0.257 e. The maximum absolute atomic E-state index is 12.4. The van der Waals surface area contributed by atoms with Gasteiger partial charge in [0.2, 0.25) is 0 Å². The molecule has 0 unspecified atom stereocenters. The Kier molecular flexibility index (Phi) is 7.88. The summed E-state index contributed by atoms with van der Waals surface area (Å²) < 4.78 is 19.2. The van der Waals surface area contributed by atoms with Crippen LogP contribution >= 0.6 is 0 Å². The standard InChI is InChI=1S/C28H31N3O4/c1-20-12-13-21(2)26(18-20)35-19-28(32)29-15-14-27-30-22-8-4-5-9-23(22)31(27)16-17-34-25-11-7-6-10-24(25)33-3/h4-13,18H,14-17,19H2,1-3H3,(H,29,32). The van der Waals surface area contributed by atoms with Crippen LogP contribution in [0.1, 0.15) is 17.0 Å². The highest BCUT2D eigenvalue weighted by molar-refractivity contribution is 5.78. The fourth-order valence-electron chi connectivity index (χ4n) is 3.92. The fourth-order valence-corrected chi connectivity index (χ4v) is 3.92. The molecule has 0 spiro atoms. The lowest BCUT2D eigenvalue weighted by Gasteiger charge is -2.13. The van der Waals surface area contributed by atoms with Crippen molar-refractivity contribution in [2.45, 2.75) is 26.8 Å². The van der Waals surface area contributed by atoms with Gasteiger partial charge in [0.05, 0.1) is 24.7 Å².